The molecule has 2 amide bonds. The average molecular weight is 370 g/mol. The maximum atomic E-state index is 12.6. The molecule has 0 aromatic heterocycles. The minimum atomic E-state index is -1.17. The number of Topliss-reactive ketones (excluding diaryl/α,β-unsaturated/α-hetero) is 1. The first-order valence-corrected chi connectivity index (χ1v) is 9.64. The first-order chi connectivity index (χ1) is 12.3. The van der Waals surface area contributed by atoms with Crippen molar-refractivity contribution in [3.8, 4) is 0 Å². The van der Waals surface area contributed by atoms with Gasteiger partial charge in [-0.3, -0.25) is 14.4 Å². The summed E-state index contributed by atoms with van der Waals surface area (Å²) >= 11 is 0. The van der Waals surface area contributed by atoms with Gasteiger partial charge in [-0.2, -0.15) is 0 Å². The fraction of sp³-hybridized carbons (Fsp3) is 0.842. The molecule has 7 heteroatoms. The van der Waals surface area contributed by atoms with E-state index in [9.17, 15) is 19.5 Å². The molecule has 1 rings (SSSR count). The van der Waals surface area contributed by atoms with E-state index in [4.69, 9.17) is 4.74 Å². The summed E-state index contributed by atoms with van der Waals surface area (Å²) in [6.07, 6.45) is 4.85. The Bertz CT molecular complexity index is 488. The van der Waals surface area contributed by atoms with Crippen LogP contribution in [0.5, 0.6) is 0 Å². The van der Waals surface area contributed by atoms with Gasteiger partial charge in [-0.15, -0.1) is 0 Å². The number of ketones is 1. The number of aliphatic hydroxyl groups excluding tert-OH is 1. The molecule has 150 valence electrons. The number of hydrogen-bond acceptors (Lipinski definition) is 5. The Labute approximate surface area is 156 Å². The van der Waals surface area contributed by atoms with Crippen LogP contribution in [0, 0.1) is 5.92 Å². The summed E-state index contributed by atoms with van der Waals surface area (Å²) in [5, 5.41) is 14.8. The lowest BCUT2D eigenvalue weighted by atomic mass is 9.92. The number of amides is 2. The summed E-state index contributed by atoms with van der Waals surface area (Å²) in [6.45, 7) is 7.40. The van der Waals surface area contributed by atoms with Gasteiger partial charge in [0.15, 0.2) is 11.4 Å². The minimum Gasteiger partial charge on any atom is -0.393 e. The summed E-state index contributed by atoms with van der Waals surface area (Å²) in [5.41, 5.74) is -1.17. The van der Waals surface area contributed by atoms with E-state index in [0.717, 1.165) is 25.7 Å². The zero-order valence-corrected chi connectivity index (χ0v) is 16.5. The van der Waals surface area contributed by atoms with Gasteiger partial charge in [0.25, 0.3) is 0 Å². The molecule has 1 fully saturated rings. The molecule has 1 aliphatic heterocycles. The van der Waals surface area contributed by atoms with E-state index in [1.165, 1.54) is 0 Å². The predicted octanol–water partition coefficient (Wildman–Crippen LogP) is 1.32. The summed E-state index contributed by atoms with van der Waals surface area (Å²) in [4.78, 5) is 36.9. The van der Waals surface area contributed by atoms with Crippen molar-refractivity contribution in [1.29, 1.82) is 0 Å². The second-order valence-electron chi connectivity index (χ2n) is 7.60. The lowest BCUT2D eigenvalue weighted by Crippen LogP contribution is -2.53. The Morgan fingerprint density at radius 2 is 1.77 bits per heavy atom. The highest BCUT2D eigenvalue weighted by Crippen LogP contribution is 2.30. The lowest BCUT2D eigenvalue weighted by Gasteiger charge is -2.24. The molecule has 0 radical (unpaired) electrons. The Kier molecular flexibility index (Phi) is 9.22. The van der Waals surface area contributed by atoms with E-state index in [2.05, 4.69) is 17.6 Å². The van der Waals surface area contributed by atoms with Gasteiger partial charge in [-0.25, -0.2) is 0 Å². The molecule has 26 heavy (non-hydrogen) atoms. The average Bonchev–Trinajstić information content (AvgIpc) is 3.38. The van der Waals surface area contributed by atoms with Gasteiger partial charge in [-0.1, -0.05) is 40.0 Å². The van der Waals surface area contributed by atoms with Gasteiger partial charge in [0.05, 0.1) is 19.3 Å². The SMILES string of the molecule is CCCCCCC(=O)NC(C)C(=O)NC(CC(C)C)C(=O)[C@@]1(CO)CO1. The van der Waals surface area contributed by atoms with Crippen molar-refractivity contribution in [2.45, 2.75) is 83.9 Å². The van der Waals surface area contributed by atoms with Crippen molar-refractivity contribution in [2.75, 3.05) is 13.2 Å². The number of aliphatic hydroxyl groups is 1. The van der Waals surface area contributed by atoms with Crippen LogP contribution in [-0.2, 0) is 19.1 Å². The number of rotatable bonds is 13. The third-order valence-corrected chi connectivity index (χ3v) is 4.57. The van der Waals surface area contributed by atoms with Gasteiger partial charge in [-0.05, 0) is 25.7 Å². The van der Waals surface area contributed by atoms with Crippen LogP contribution in [-0.4, -0.2) is 53.6 Å². The number of hydrogen-bond donors (Lipinski definition) is 3. The topological polar surface area (TPSA) is 108 Å². The van der Waals surface area contributed by atoms with Crippen molar-refractivity contribution in [3.63, 3.8) is 0 Å². The molecule has 0 aromatic carbocycles. The van der Waals surface area contributed by atoms with Gasteiger partial charge in [0, 0.05) is 6.42 Å². The molecule has 0 aromatic rings. The fourth-order valence-electron chi connectivity index (χ4n) is 2.81. The highest BCUT2D eigenvalue weighted by molar-refractivity contribution is 5.98. The standard InChI is InChI=1S/C19H34N2O5/c1-5-6-7-8-9-16(23)20-14(4)18(25)21-15(10-13(2)3)17(24)19(11-22)12-26-19/h13-15,22H,5-12H2,1-4H3,(H,20,23)(H,21,25)/t14?,15?,19-/m1/s1. The number of nitrogens with one attached hydrogen (secondary N) is 2. The molecule has 0 bridgehead atoms. The van der Waals surface area contributed by atoms with Crippen LogP contribution < -0.4 is 10.6 Å². The van der Waals surface area contributed by atoms with Crippen molar-refractivity contribution in [3.05, 3.63) is 0 Å². The van der Waals surface area contributed by atoms with E-state index in [-0.39, 0.29) is 30.8 Å². The van der Waals surface area contributed by atoms with E-state index >= 15 is 0 Å². The smallest absolute Gasteiger partial charge is 0.242 e. The zero-order chi connectivity index (χ0) is 19.7. The van der Waals surface area contributed by atoms with Crippen LogP contribution >= 0.6 is 0 Å². The molecule has 7 nitrogen and oxygen atoms in total. The molecule has 1 saturated heterocycles. The molecule has 3 atom stereocenters. The van der Waals surface area contributed by atoms with Crippen LogP contribution in [0.25, 0.3) is 0 Å². The quantitative estimate of drug-likeness (QED) is 0.335. The number of carbonyl (C=O) groups excluding carboxylic acids is 3. The third-order valence-electron chi connectivity index (χ3n) is 4.57. The van der Waals surface area contributed by atoms with Crippen LogP contribution in [0.1, 0.15) is 66.2 Å². The highest BCUT2D eigenvalue weighted by Gasteiger charge is 2.54. The summed E-state index contributed by atoms with van der Waals surface area (Å²) in [7, 11) is 0. The third kappa shape index (κ3) is 7.03. The number of unbranched alkanes of at least 4 members (excludes halogenated alkanes) is 3. The Balaban J connectivity index is 2.54. The fourth-order valence-corrected chi connectivity index (χ4v) is 2.81. The summed E-state index contributed by atoms with van der Waals surface area (Å²) < 4.78 is 5.12. The Morgan fingerprint density at radius 3 is 2.27 bits per heavy atom. The molecule has 1 heterocycles. The van der Waals surface area contributed by atoms with Crippen LogP contribution in [0.3, 0.4) is 0 Å². The van der Waals surface area contributed by atoms with Crippen LogP contribution in [0.15, 0.2) is 0 Å². The second kappa shape index (κ2) is 10.6. The predicted molar refractivity (Wildman–Crippen MR) is 98.5 cm³/mol. The Hall–Kier alpha value is -1.47. The molecule has 0 aliphatic carbocycles. The summed E-state index contributed by atoms with van der Waals surface area (Å²) in [5.74, 6) is -0.685. The van der Waals surface area contributed by atoms with Gasteiger partial charge < -0.3 is 20.5 Å². The maximum Gasteiger partial charge on any atom is 0.242 e. The molecule has 0 saturated carbocycles. The number of epoxide rings is 1. The first kappa shape index (κ1) is 22.6. The van der Waals surface area contributed by atoms with Gasteiger partial charge >= 0.3 is 0 Å². The van der Waals surface area contributed by atoms with Crippen molar-refractivity contribution >= 4 is 17.6 Å². The highest BCUT2D eigenvalue weighted by atomic mass is 16.6. The zero-order valence-electron chi connectivity index (χ0n) is 16.5. The molecular formula is C19H34N2O5. The van der Waals surface area contributed by atoms with Crippen LogP contribution in [0.2, 0.25) is 0 Å². The normalized spacial score (nSPS) is 21.2. The second-order valence-corrected chi connectivity index (χ2v) is 7.60. The monoisotopic (exact) mass is 370 g/mol. The maximum absolute atomic E-state index is 12.6. The summed E-state index contributed by atoms with van der Waals surface area (Å²) in [6, 6.07) is -1.46. The molecule has 2 unspecified atom stereocenters. The van der Waals surface area contributed by atoms with E-state index in [0.29, 0.717) is 12.8 Å². The Morgan fingerprint density at radius 1 is 1.12 bits per heavy atom. The van der Waals surface area contributed by atoms with Gasteiger partial charge in [0.1, 0.15) is 6.04 Å². The van der Waals surface area contributed by atoms with E-state index < -0.39 is 23.6 Å². The number of ether oxygens (including phenoxy) is 1. The minimum absolute atomic E-state index is 0.159. The first-order valence-electron chi connectivity index (χ1n) is 9.64. The number of carbonyl (C=O) groups is 3. The van der Waals surface area contributed by atoms with Crippen molar-refractivity contribution in [2.24, 2.45) is 5.92 Å². The molecule has 0 spiro atoms. The van der Waals surface area contributed by atoms with Crippen molar-refractivity contribution < 1.29 is 24.2 Å². The molecule has 1 aliphatic rings. The molecule has 3 N–H and O–H groups in total. The van der Waals surface area contributed by atoms with E-state index in [1.807, 2.05) is 13.8 Å². The largest absolute Gasteiger partial charge is 0.393 e. The van der Waals surface area contributed by atoms with Gasteiger partial charge in [0.2, 0.25) is 11.8 Å². The molecular weight excluding hydrogens is 336 g/mol. The van der Waals surface area contributed by atoms with Crippen LogP contribution in [0.4, 0.5) is 0 Å². The van der Waals surface area contributed by atoms with Crippen molar-refractivity contribution in [1.82, 2.24) is 10.6 Å². The lowest BCUT2D eigenvalue weighted by molar-refractivity contribution is -0.133. The van der Waals surface area contributed by atoms with E-state index in [1.54, 1.807) is 6.92 Å².